The predicted molar refractivity (Wildman–Crippen MR) is 231 cm³/mol. The number of allylic oxidation sites excluding steroid dienone is 1. The fourth-order valence-electron chi connectivity index (χ4n) is 15.8. The maximum absolute atomic E-state index is 15.3. The number of carboxylic acids is 1. The molecule has 0 bridgehead atoms. The van der Waals surface area contributed by atoms with Crippen LogP contribution >= 0.6 is 0 Å². The molecule has 5 saturated carbocycles. The highest BCUT2D eigenvalue weighted by Crippen LogP contribution is 2.78. The van der Waals surface area contributed by atoms with Gasteiger partial charge >= 0.3 is 11.9 Å². The van der Waals surface area contributed by atoms with Crippen LogP contribution in [0.4, 0.5) is 0 Å². The number of aliphatic hydroxyl groups excluding tert-OH is 10. The fraction of sp³-hybridized carbons (Fsp3) is 0.917. The first-order valence-corrected chi connectivity index (χ1v) is 24.4. The molecule has 11 N–H and O–H groups in total. The SMILES string of the molecule is C=C(C)C1CCC2(C(=O)O[C@@H]3O[C@H](CO[C@@H]4O[C@H](CO)[C@@H](O)[C@H](O)[C@H]4O)[C@@H](O)[C@H](O[C@@H]4O[C@@H](C)[C@H](O)[C@@H](O)[C@H]4O)[C@H]3O)CCC3(C(=O)O)C(CCC4C5(C)CCC(O)C(C)(C)C5CCC43C)C12. The molecule has 8 fully saturated rings. The van der Waals surface area contributed by atoms with Gasteiger partial charge in [0.05, 0.1) is 36.3 Å². The third-order valence-electron chi connectivity index (χ3n) is 19.5. The van der Waals surface area contributed by atoms with E-state index in [2.05, 4.69) is 34.3 Å². The molecule has 5 aliphatic carbocycles. The molecule has 3 heterocycles. The summed E-state index contributed by atoms with van der Waals surface area (Å²) in [6.07, 6.45) is -20.4. The van der Waals surface area contributed by atoms with E-state index < -0.39 is 151 Å². The van der Waals surface area contributed by atoms with Crippen molar-refractivity contribution in [1.29, 1.82) is 0 Å². The van der Waals surface area contributed by atoms with E-state index in [0.717, 1.165) is 24.8 Å². The zero-order valence-electron chi connectivity index (χ0n) is 39.5. The Labute approximate surface area is 391 Å². The van der Waals surface area contributed by atoms with Crippen molar-refractivity contribution in [2.75, 3.05) is 13.2 Å². The number of hydrogen-bond donors (Lipinski definition) is 11. The van der Waals surface area contributed by atoms with Crippen LogP contribution in [0.25, 0.3) is 0 Å². The second kappa shape index (κ2) is 18.3. The Morgan fingerprint density at radius 3 is 1.99 bits per heavy atom. The molecule has 0 aromatic rings. The highest BCUT2D eigenvalue weighted by Gasteiger charge is 2.76. The van der Waals surface area contributed by atoms with Crippen LogP contribution < -0.4 is 0 Å². The van der Waals surface area contributed by atoms with E-state index in [9.17, 15) is 61.0 Å². The monoisotopic (exact) mass is 956 g/mol. The van der Waals surface area contributed by atoms with Crippen LogP contribution in [-0.4, -0.2) is 180 Å². The van der Waals surface area contributed by atoms with Crippen LogP contribution in [-0.2, 0) is 38.0 Å². The van der Waals surface area contributed by atoms with Gasteiger partial charge in [-0.3, -0.25) is 9.59 Å². The van der Waals surface area contributed by atoms with E-state index in [1.54, 1.807) is 0 Å². The van der Waals surface area contributed by atoms with E-state index in [0.29, 0.717) is 32.1 Å². The van der Waals surface area contributed by atoms with Crippen LogP contribution in [0.1, 0.15) is 106 Å². The molecule has 0 spiro atoms. The quantitative estimate of drug-likeness (QED) is 0.102. The molecular formula is C48H76O19. The molecule has 8 rings (SSSR count). The van der Waals surface area contributed by atoms with Gasteiger partial charge in [-0.05, 0) is 124 Å². The van der Waals surface area contributed by atoms with Crippen LogP contribution in [0.15, 0.2) is 12.2 Å². The summed E-state index contributed by atoms with van der Waals surface area (Å²) in [4.78, 5) is 29.6. The van der Waals surface area contributed by atoms with E-state index in [-0.39, 0.29) is 41.4 Å². The molecule has 8 aliphatic rings. The van der Waals surface area contributed by atoms with Crippen molar-refractivity contribution < 1.29 is 94.2 Å². The number of carbonyl (C=O) groups excluding carboxylic acids is 1. The Bertz CT molecular complexity index is 1850. The Morgan fingerprint density at radius 2 is 1.33 bits per heavy atom. The highest BCUT2D eigenvalue weighted by atomic mass is 16.8. The lowest BCUT2D eigenvalue weighted by Gasteiger charge is -2.71. The van der Waals surface area contributed by atoms with Crippen molar-refractivity contribution >= 4 is 11.9 Å². The molecule has 19 heteroatoms. The summed E-state index contributed by atoms with van der Waals surface area (Å²) >= 11 is 0. The zero-order valence-corrected chi connectivity index (χ0v) is 39.5. The summed E-state index contributed by atoms with van der Waals surface area (Å²) in [6.45, 7) is 15.0. The van der Waals surface area contributed by atoms with Gasteiger partial charge in [0.15, 0.2) is 12.6 Å². The summed E-state index contributed by atoms with van der Waals surface area (Å²) in [5.41, 5.74) is -2.83. The third kappa shape index (κ3) is 7.79. The minimum atomic E-state index is -1.98. The molecule has 0 amide bonds. The standard InChI is InChI=1S/C48H76O19/c1-20(2)22-10-15-47(16-17-48(42(59)60)23(29(22)47)8-9-27-45(6)13-12-28(50)44(4,5)26(45)11-14-46(27,48)7)43(61)67-41-37(58)38(66-40-36(57)33(54)30(51)21(3)63-40)32(53)25(65-41)19-62-39-35(56)34(55)31(52)24(18-49)64-39/h21-41,49-58H,1,8-19H2,2-7H3,(H,59,60)/t21-,22?,23?,24+,25+,26?,27?,28?,29?,30-,31+,32+,33+,34-,35+,36+,37+,38-,39+,40-,41-,45?,46?,47?,48?/m0/s1. The van der Waals surface area contributed by atoms with Gasteiger partial charge in [0.1, 0.15) is 67.1 Å². The van der Waals surface area contributed by atoms with Crippen LogP contribution in [0.2, 0.25) is 0 Å². The summed E-state index contributed by atoms with van der Waals surface area (Å²) in [5, 5.41) is 119. The number of carbonyl (C=O) groups is 2. The van der Waals surface area contributed by atoms with Gasteiger partial charge in [-0.2, -0.15) is 0 Å². The maximum Gasteiger partial charge on any atom is 0.314 e. The topological polar surface area (TPSA) is 312 Å². The third-order valence-corrected chi connectivity index (χ3v) is 19.5. The van der Waals surface area contributed by atoms with E-state index >= 15 is 4.79 Å². The second-order valence-corrected chi connectivity index (χ2v) is 22.8. The van der Waals surface area contributed by atoms with E-state index in [4.69, 9.17) is 28.4 Å². The minimum absolute atomic E-state index is 0.0531. The Hall–Kier alpha value is -1.92. The zero-order chi connectivity index (χ0) is 49.1. The number of fused-ring (bicyclic) bond motifs is 7. The number of carboxylic acid groups (broad SMARTS) is 1. The van der Waals surface area contributed by atoms with E-state index in [1.165, 1.54) is 6.92 Å². The lowest BCUT2D eigenvalue weighted by molar-refractivity contribution is -0.361. The first-order chi connectivity index (χ1) is 31.3. The molecule has 0 aromatic heterocycles. The molecule has 25 atom stereocenters. The van der Waals surface area contributed by atoms with Gasteiger partial charge in [0.2, 0.25) is 6.29 Å². The van der Waals surface area contributed by atoms with Crippen molar-refractivity contribution in [3.8, 4) is 0 Å². The van der Waals surface area contributed by atoms with Gasteiger partial charge in [-0.15, -0.1) is 0 Å². The normalized spacial score (nSPS) is 53.9. The van der Waals surface area contributed by atoms with E-state index in [1.807, 2.05) is 6.92 Å². The Kier molecular flexibility index (Phi) is 14.0. The number of rotatable bonds is 10. The van der Waals surface area contributed by atoms with Crippen LogP contribution in [0, 0.1) is 56.7 Å². The number of esters is 1. The van der Waals surface area contributed by atoms with Crippen molar-refractivity contribution in [3.63, 3.8) is 0 Å². The number of aliphatic carboxylic acids is 1. The molecule has 10 unspecified atom stereocenters. The highest BCUT2D eigenvalue weighted by molar-refractivity contribution is 5.81. The molecule has 0 radical (unpaired) electrons. The van der Waals surface area contributed by atoms with Gasteiger partial charge in [0.25, 0.3) is 0 Å². The summed E-state index contributed by atoms with van der Waals surface area (Å²) in [6, 6.07) is 0. The Morgan fingerprint density at radius 1 is 0.672 bits per heavy atom. The maximum atomic E-state index is 15.3. The van der Waals surface area contributed by atoms with Crippen LogP contribution in [0.5, 0.6) is 0 Å². The minimum Gasteiger partial charge on any atom is -0.481 e. The van der Waals surface area contributed by atoms with Gasteiger partial charge in [0, 0.05) is 0 Å². The lowest BCUT2D eigenvalue weighted by Crippen LogP contribution is -2.70. The number of hydrogen-bond acceptors (Lipinski definition) is 18. The summed E-state index contributed by atoms with van der Waals surface area (Å²) in [7, 11) is 0. The lowest BCUT2D eigenvalue weighted by atomic mass is 9.32. The molecule has 3 saturated heterocycles. The molecule has 382 valence electrons. The molecule has 3 aliphatic heterocycles. The first-order valence-electron chi connectivity index (χ1n) is 24.4. The fourth-order valence-corrected chi connectivity index (χ4v) is 15.8. The first kappa shape index (κ1) is 51.4. The van der Waals surface area contributed by atoms with Gasteiger partial charge < -0.3 is 84.6 Å². The van der Waals surface area contributed by atoms with Crippen molar-refractivity contribution in [3.05, 3.63) is 12.2 Å². The molecule has 19 nitrogen and oxygen atoms in total. The second-order valence-electron chi connectivity index (χ2n) is 22.8. The average Bonchev–Trinajstić information content (AvgIpc) is 3.69. The predicted octanol–water partition coefficient (Wildman–Crippen LogP) is 0.0887. The average molecular weight is 957 g/mol. The number of ether oxygens (including phenoxy) is 6. The number of aliphatic hydroxyl groups is 10. The van der Waals surface area contributed by atoms with Gasteiger partial charge in [-0.25, -0.2) is 0 Å². The van der Waals surface area contributed by atoms with Gasteiger partial charge in [-0.1, -0.05) is 39.8 Å². The summed E-state index contributed by atoms with van der Waals surface area (Å²) in [5.74, 6) is -2.59. The largest absolute Gasteiger partial charge is 0.481 e. The van der Waals surface area contributed by atoms with Crippen molar-refractivity contribution in [2.24, 2.45) is 56.7 Å². The van der Waals surface area contributed by atoms with Crippen molar-refractivity contribution in [2.45, 2.75) is 204 Å². The Balaban J connectivity index is 1.10. The van der Waals surface area contributed by atoms with Crippen LogP contribution in [0.3, 0.4) is 0 Å². The van der Waals surface area contributed by atoms with Crippen molar-refractivity contribution in [1.82, 2.24) is 0 Å². The summed E-state index contributed by atoms with van der Waals surface area (Å²) < 4.78 is 35.1. The molecule has 67 heavy (non-hydrogen) atoms. The molecule has 0 aromatic carbocycles. The molecular weight excluding hydrogens is 881 g/mol. The smallest absolute Gasteiger partial charge is 0.314 e.